The van der Waals surface area contributed by atoms with Crippen molar-refractivity contribution in [2.75, 3.05) is 6.61 Å². The van der Waals surface area contributed by atoms with Crippen molar-refractivity contribution in [3.63, 3.8) is 0 Å². The maximum atomic E-state index is 12.2. The van der Waals surface area contributed by atoms with Gasteiger partial charge in [0.25, 0.3) is 5.91 Å². The van der Waals surface area contributed by atoms with E-state index in [1.165, 1.54) is 17.6 Å². The van der Waals surface area contributed by atoms with Gasteiger partial charge in [-0.1, -0.05) is 36.4 Å². The lowest BCUT2D eigenvalue weighted by atomic mass is 10.1. The number of hydrogen-bond donors (Lipinski definition) is 2. The molecule has 0 spiro atoms. The van der Waals surface area contributed by atoms with Gasteiger partial charge in [-0.05, 0) is 47.7 Å². The fourth-order valence-corrected chi connectivity index (χ4v) is 3.12. The monoisotopic (exact) mass is 424 g/mol. The van der Waals surface area contributed by atoms with Gasteiger partial charge in [0.2, 0.25) is 0 Å². The van der Waals surface area contributed by atoms with Gasteiger partial charge in [0.05, 0.1) is 12.8 Å². The van der Waals surface area contributed by atoms with Gasteiger partial charge in [-0.25, -0.2) is 10.2 Å². The number of hydrogen-bond acceptors (Lipinski definition) is 7. The van der Waals surface area contributed by atoms with E-state index in [0.717, 1.165) is 0 Å². The van der Waals surface area contributed by atoms with E-state index in [1.54, 1.807) is 66.0 Å². The Morgan fingerprint density at radius 3 is 2.63 bits per heavy atom. The molecule has 0 radical (unpaired) electrons. The molecule has 8 heteroatoms. The molecule has 1 unspecified atom stereocenters. The summed E-state index contributed by atoms with van der Waals surface area (Å²) in [5.74, 6) is -0.448. The molecule has 2 N–H and O–H groups in total. The van der Waals surface area contributed by atoms with Crippen molar-refractivity contribution in [2.45, 2.75) is 13.0 Å². The van der Waals surface area contributed by atoms with Gasteiger partial charge in [-0.15, -0.1) is 11.3 Å². The highest BCUT2D eigenvalue weighted by Gasteiger charge is 2.16. The van der Waals surface area contributed by atoms with Crippen molar-refractivity contribution < 1.29 is 24.2 Å². The molecule has 0 aliphatic carbocycles. The summed E-state index contributed by atoms with van der Waals surface area (Å²) in [6.07, 6.45) is 0.0876. The van der Waals surface area contributed by atoms with E-state index < -0.39 is 18.0 Å². The number of aliphatic hydroxyl groups excluding tert-OH is 1. The summed E-state index contributed by atoms with van der Waals surface area (Å²) < 4.78 is 11.0. The van der Waals surface area contributed by atoms with E-state index in [-0.39, 0.29) is 5.75 Å². The molecule has 30 heavy (non-hydrogen) atoms. The van der Waals surface area contributed by atoms with Crippen LogP contribution in [0.1, 0.15) is 33.8 Å². The zero-order chi connectivity index (χ0) is 21.3. The zero-order valence-corrected chi connectivity index (χ0v) is 17.0. The molecule has 7 nitrogen and oxygen atoms in total. The van der Waals surface area contributed by atoms with Crippen molar-refractivity contribution in [2.24, 2.45) is 5.10 Å². The van der Waals surface area contributed by atoms with Crippen LogP contribution in [-0.2, 0) is 4.79 Å². The molecular weight excluding hydrogens is 404 g/mol. The molecule has 3 aromatic rings. The van der Waals surface area contributed by atoms with Crippen LogP contribution in [-0.4, -0.2) is 29.8 Å². The van der Waals surface area contributed by atoms with E-state index in [1.807, 2.05) is 6.92 Å². The Hall–Kier alpha value is -3.49. The Morgan fingerprint density at radius 2 is 1.93 bits per heavy atom. The fraction of sp³-hybridized carbons (Fsp3) is 0.136. The van der Waals surface area contributed by atoms with Crippen LogP contribution < -0.4 is 14.9 Å². The Bertz CT molecular complexity index is 1020. The molecule has 0 bridgehead atoms. The smallest absolute Gasteiger partial charge is 0.353 e. The molecule has 0 aliphatic heterocycles. The number of carbonyl (C=O) groups is 2. The van der Waals surface area contributed by atoms with Crippen LogP contribution in [0.25, 0.3) is 0 Å². The lowest BCUT2D eigenvalue weighted by molar-refractivity contribution is -0.129. The van der Waals surface area contributed by atoms with Gasteiger partial charge < -0.3 is 14.6 Å². The highest BCUT2D eigenvalue weighted by molar-refractivity contribution is 7.12. The summed E-state index contributed by atoms with van der Waals surface area (Å²) in [6, 6.07) is 16.9. The van der Waals surface area contributed by atoms with Gasteiger partial charge in [-0.2, -0.15) is 5.10 Å². The first-order valence-electron chi connectivity index (χ1n) is 9.17. The van der Waals surface area contributed by atoms with Crippen molar-refractivity contribution >= 4 is 29.4 Å². The normalized spacial score (nSPS) is 11.8. The quantitative estimate of drug-likeness (QED) is 0.249. The van der Waals surface area contributed by atoms with E-state index in [9.17, 15) is 14.7 Å². The van der Waals surface area contributed by atoms with Crippen LogP contribution in [0.3, 0.4) is 0 Å². The molecule has 154 valence electrons. The molecule has 0 saturated carbocycles. The van der Waals surface area contributed by atoms with E-state index in [0.29, 0.717) is 28.4 Å². The summed E-state index contributed by atoms with van der Waals surface area (Å²) in [4.78, 5) is 24.7. The minimum atomic E-state index is -1.32. The van der Waals surface area contributed by atoms with Crippen molar-refractivity contribution in [1.29, 1.82) is 0 Å². The highest BCUT2D eigenvalue weighted by Crippen LogP contribution is 2.29. The second-order valence-corrected chi connectivity index (χ2v) is 7.00. The zero-order valence-electron chi connectivity index (χ0n) is 16.1. The molecular formula is C22H20N2O5S. The van der Waals surface area contributed by atoms with E-state index >= 15 is 0 Å². The van der Waals surface area contributed by atoms with Gasteiger partial charge in [-0.3, -0.25) is 4.79 Å². The van der Waals surface area contributed by atoms with E-state index in [4.69, 9.17) is 9.47 Å². The fourth-order valence-electron chi connectivity index (χ4n) is 2.52. The number of hydrazone groups is 1. The predicted molar refractivity (Wildman–Crippen MR) is 114 cm³/mol. The summed E-state index contributed by atoms with van der Waals surface area (Å²) in [5, 5.41) is 15.7. The SMILES string of the molecule is CCOc1cc(C=NNC(=O)C(O)c2ccccc2)ccc1OC(=O)c1cccs1. The lowest BCUT2D eigenvalue weighted by Crippen LogP contribution is -2.25. The number of rotatable bonds is 8. The number of nitrogens with one attached hydrogen (secondary N) is 1. The molecule has 1 amide bonds. The standard InChI is InChI=1S/C22H20N2O5S/c1-2-28-18-13-15(10-11-17(18)29-22(27)19-9-6-12-30-19)14-23-24-21(26)20(25)16-7-4-3-5-8-16/h3-14,20,25H,2H2,1H3,(H,24,26). The topological polar surface area (TPSA) is 97.2 Å². The van der Waals surface area contributed by atoms with Crippen LogP contribution in [0.4, 0.5) is 0 Å². The molecule has 1 aromatic heterocycles. The van der Waals surface area contributed by atoms with Crippen molar-refractivity contribution in [3.05, 3.63) is 82.0 Å². The maximum absolute atomic E-state index is 12.2. The lowest BCUT2D eigenvalue weighted by Gasteiger charge is -2.11. The number of aliphatic hydroxyl groups is 1. The first-order chi connectivity index (χ1) is 14.6. The molecule has 2 aromatic carbocycles. The number of ether oxygens (including phenoxy) is 2. The van der Waals surface area contributed by atoms with Crippen molar-refractivity contribution in [1.82, 2.24) is 5.43 Å². The van der Waals surface area contributed by atoms with Crippen molar-refractivity contribution in [3.8, 4) is 11.5 Å². The first-order valence-corrected chi connectivity index (χ1v) is 10.0. The second kappa shape index (κ2) is 10.3. The third-order valence-electron chi connectivity index (χ3n) is 3.94. The number of amides is 1. The van der Waals surface area contributed by atoms with Gasteiger partial charge in [0, 0.05) is 0 Å². The Labute approximate surface area is 177 Å². The average molecular weight is 424 g/mol. The predicted octanol–water partition coefficient (Wildman–Crippen LogP) is 3.55. The molecule has 0 saturated heterocycles. The first kappa shape index (κ1) is 21.2. The Morgan fingerprint density at radius 1 is 1.13 bits per heavy atom. The van der Waals surface area contributed by atoms with Gasteiger partial charge in [0.1, 0.15) is 4.88 Å². The summed E-state index contributed by atoms with van der Waals surface area (Å²) in [5.41, 5.74) is 3.39. The second-order valence-electron chi connectivity index (χ2n) is 6.05. The van der Waals surface area contributed by atoms with Gasteiger partial charge >= 0.3 is 5.97 Å². The maximum Gasteiger partial charge on any atom is 0.353 e. The third kappa shape index (κ3) is 5.53. The molecule has 1 atom stereocenters. The minimum Gasteiger partial charge on any atom is -0.490 e. The number of benzene rings is 2. The van der Waals surface area contributed by atoms with Crippen LogP contribution in [0, 0.1) is 0 Å². The third-order valence-corrected chi connectivity index (χ3v) is 4.79. The van der Waals surface area contributed by atoms with Gasteiger partial charge in [0.15, 0.2) is 17.6 Å². The number of thiophene rings is 1. The Kier molecular flexibility index (Phi) is 7.31. The molecule has 1 heterocycles. The van der Waals surface area contributed by atoms with Crippen LogP contribution in [0.15, 0.2) is 71.1 Å². The molecule has 0 aliphatic rings. The number of carbonyl (C=O) groups excluding carboxylic acids is 2. The summed E-state index contributed by atoms with van der Waals surface area (Å²) in [7, 11) is 0. The average Bonchev–Trinajstić information content (AvgIpc) is 3.31. The summed E-state index contributed by atoms with van der Waals surface area (Å²) >= 11 is 1.29. The number of esters is 1. The van der Waals surface area contributed by atoms with Crippen LogP contribution >= 0.6 is 11.3 Å². The Balaban J connectivity index is 1.66. The molecule has 3 rings (SSSR count). The van der Waals surface area contributed by atoms with E-state index in [2.05, 4.69) is 10.5 Å². The van der Waals surface area contributed by atoms with Crippen LogP contribution in [0.5, 0.6) is 11.5 Å². The largest absolute Gasteiger partial charge is 0.490 e. The summed E-state index contributed by atoms with van der Waals surface area (Å²) in [6.45, 7) is 2.20. The number of nitrogens with zero attached hydrogens (tertiary/aromatic N) is 1. The highest BCUT2D eigenvalue weighted by atomic mass is 32.1. The minimum absolute atomic E-state index is 0.288. The molecule has 0 fully saturated rings. The van der Waals surface area contributed by atoms with Crippen LogP contribution in [0.2, 0.25) is 0 Å².